The maximum atomic E-state index is 13.6. The van der Waals surface area contributed by atoms with Crippen LogP contribution in [0.3, 0.4) is 0 Å². The average molecular weight is 401 g/mol. The van der Waals surface area contributed by atoms with Gasteiger partial charge in [-0.15, -0.1) is 0 Å². The highest BCUT2D eigenvalue weighted by Crippen LogP contribution is 2.32. The molecule has 7 heteroatoms. The number of furan rings is 1. The van der Waals surface area contributed by atoms with E-state index in [4.69, 9.17) is 4.42 Å². The summed E-state index contributed by atoms with van der Waals surface area (Å²) in [5, 5.41) is 8.01. The molecule has 2 unspecified atom stereocenters. The second-order valence-corrected chi connectivity index (χ2v) is 7.74. The minimum atomic E-state index is -0.327. The summed E-state index contributed by atoms with van der Waals surface area (Å²) >= 11 is 0. The van der Waals surface area contributed by atoms with E-state index in [-0.39, 0.29) is 17.9 Å². The van der Waals surface area contributed by atoms with E-state index in [0.717, 1.165) is 34.6 Å². The molecule has 1 aliphatic rings. The third-order valence-electron chi connectivity index (χ3n) is 5.69. The SMILES string of the molecule is CC1CN(Cc2ccco2)CC(C(=O)c2ccccc2)N1c1ccnc2[nH]ncc12. The number of H-pyrrole nitrogens is 1. The maximum Gasteiger partial charge on any atom is 0.186 e. The van der Waals surface area contributed by atoms with Gasteiger partial charge in [-0.05, 0) is 25.1 Å². The van der Waals surface area contributed by atoms with Crippen LogP contribution in [0.1, 0.15) is 23.0 Å². The van der Waals surface area contributed by atoms with E-state index in [1.807, 2.05) is 48.5 Å². The lowest BCUT2D eigenvalue weighted by molar-refractivity contribution is 0.0876. The Kier molecular flexibility index (Phi) is 4.80. The van der Waals surface area contributed by atoms with Gasteiger partial charge in [0.1, 0.15) is 11.8 Å². The molecule has 1 N–H and O–H groups in total. The Hall–Kier alpha value is -3.45. The van der Waals surface area contributed by atoms with Gasteiger partial charge in [-0.3, -0.25) is 14.8 Å². The second-order valence-electron chi connectivity index (χ2n) is 7.74. The number of piperazine rings is 1. The standard InChI is InChI=1S/C23H23N5O2/c1-16-13-27(14-18-8-5-11-30-18)15-21(22(29)17-6-3-2-4-7-17)28(16)20-9-10-24-23-19(20)12-25-26-23/h2-12,16,21H,13-15H2,1H3,(H,24,25,26). The average Bonchev–Trinajstić information content (AvgIpc) is 3.45. The Labute approximate surface area is 174 Å². The number of aromatic amines is 1. The first-order valence-electron chi connectivity index (χ1n) is 10.1. The van der Waals surface area contributed by atoms with Crippen LogP contribution in [0, 0.1) is 0 Å². The van der Waals surface area contributed by atoms with E-state index in [1.54, 1.807) is 18.7 Å². The number of aromatic nitrogens is 3. The predicted molar refractivity (Wildman–Crippen MR) is 114 cm³/mol. The lowest BCUT2D eigenvalue weighted by Gasteiger charge is -2.46. The largest absolute Gasteiger partial charge is 0.468 e. The smallest absolute Gasteiger partial charge is 0.186 e. The number of pyridine rings is 1. The number of carbonyl (C=O) groups excluding carboxylic acids is 1. The van der Waals surface area contributed by atoms with Crippen LogP contribution in [-0.2, 0) is 6.54 Å². The zero-order chi connectivity index (χ0) is 20.5. The normalized spacial score (nSPS) is 20.0. The first-order valence-corrected chi connectivity index (χ1v) is 10.1. The fourth-order valence-corrected chi connectivity index (χ4v) is 4.40. The van der Waals surface area contributed by atoms with Gasteiger partial charge in [0.2, 0.25) is 0 Å². The van der Waals surface area contributed by atoms with Crippen molar-refractivity contribution in [2.45, 2.75) is 25.6 Å². The van der Waals surface area contributed by atoms with Crippen molar-refractivity contribution >= 4 is 22.5 Å². The van der Waals surface area contributed by atoms with Crippen LogP contribution in [0.15, 0.2) is 71.6 Å². The summed E-state index contributed by atoms with van der Waals surface area (Å²) in [4.78, 5) is 22.5. The van der Waals surface area contributed by atoms with E-state index in [9.17, 15) is 4.79 Å². The molecule has 1 aliphatic heterocycles. The van der Waals surface area contributed by atoms with E-state index in [0.29, 0.717) is 13.1 Å². The van der Waals surface area contributed by atoms with Crippen LogP contribution in [0.2, 0.25) is 0 Å². The third-order valence-corrected chi connectivity index (χ3v) is 5.69. The molecule has 30 heavy (non-hydrogen) atoms. The minimum absolute atomic E-state index is 0.111. The Morgan fingerprint density at radius 1 is 1.17 bits per heavy atom. The van der Waals surface area contributed by atoms with Crippen molar-refractivity contribution in [1.82, 2.24) is 20.1 Å². The Morgan fingerprint density at radius 2 is 2.03 bits per heavy atom. The van der Waals surface area contributed by atoms with Crippen LogP contribution < -0.4 is 4.90 Å². The van der Waals surface area contributed by atoms with Gasteiger partial charge in [-0.2, -0.15) is 5.10 Å². The monoisotopic (exact) mass is 401 g/mol. The molecule has 2 atom stereocenters. The van der Waals surface area contributed by atoms with E-state index < -0.39 is 0 Å². The van der Waals surface area contributed by atoms with E-state index >= 15 is 0 Å². The molecule has 1 fully saturated rings. The highest BCUT2D eigenvalue weighted by molar-refractivity contribution is 6.03. The molecule has 0 saturated carbocycles. The molecule has 0 amide bonds. The zero-order valence-electron chi connectivity index (χ0n) is 16.7. The van der Waals surface area contributed by atoms with Gasteiger partial charge in [0.15, 0.2) is 11.4 Å². The van der Waals surface area contributed by atoms with Crippen LogP contribution in [-0.4, -0.2) is 51.0 Å². The fraction of sp³-hybridized carbons (Fsp3) is 0.261. The number of hydrogen-bond donors (Lipinski definition) is 1. The van der Waals surface area contributed by atoms with Gasteiger partial charge in [-0.1, -0.05) is 30.3 Å². The molecular weight excluding hydrogens is 378 g/mol. The maximum absolute atomic E-state index is 13.6. The van der Waals surface area contributed by atoms with Crippen molar-refractivity contribution in [2.75, 3.05) is 18.0 Å². The molecular formula is C23H23N5O2. The molecule has 7 nitrogen and oxygen atoms in total. The molecule has 152 valence electrons. The first-order chi connectivity index (χ1) is 14.7. The van der Waals surface area contributed by atoms with Crippen molar-refractivity contribution in [3.63, 3.8) is 0 Å². The van der Waals surface area contributed by atoms with E-state index in [2.05, 4.69) is 31.9 Å². The number of anilines is 1. The lowest BCUT2D eigenvalue weighted by atomic mass is 9.96. The Balaban J connectivity index is 1.54. The minimum Gasteiger partial charge on any atom is -0.468 e. The quantitative estimate of drug-likeness (QED) is 0.516. The molecule has 0 bridgehead atoms. The number of ketones is 1. The lowest BCUT2D eigenvalue weighted by Crippen LogP contribution is -2.60. The van der Waals surface area contributed by atoms with Gasteiger partial charge < -0.3 is 9.32 Å². The number of carbonyl (C=O) groups is 1. The number of rotatable bonds is 5. The van der Waals surface area contributed by atoms with Crippen molar-refractivity contribution in [2.24, 2.45) is 0 Å². The Bertz CT molecular complexity index is 1140. The summed E-state index contributed by atoms with van der Waals surface area (Å²) in [6.45, 7) is 4.27. The van der Waals surface area contributed by atoms with Crippen molar-refractivity contribution in [3.8, 4) is 0 Å². The summed E-state index contributed by atoms with van der Waals surface area (Å²) in [5.74, 6) is 1.02. The van der Waals surface area contributed by atoms with Gasteiger partial charge in [0.25, 0.3) is 0 Å². The Morgan fingerprint density at radius 3 is 2.83 bits per heavy atom. The van der Waals surface area contributed by atoms with Crippen LogP contribution in [0.4, 0.5) is 5.69 Å². The van der Waals surface area contributed by atoms with Crippen LogP contribution in [0.25, 0.3) is 11.0 Å². The number of nitrogens with zero attached hydrogens (tertiary/aromatic N) is 4. The van der Waals surface area contributed by atoms with Gasteiger partial charge in [0, 0.05) is 30.9 Å². The van der Waals surface area contributed by atoms with Crippen LogP contribution in [0.5, 0.6) is 0 Å². The summed E-state index contributed by atoms with van der Waals surface area (Å²) in [7, 11) is 0. The number of Topliss-reactive ketones (excluding diaryl/α,β-unsaturated/α-hetero) is 1. The van der Waals surface area contributed by atoms with Crippen molar-refractivity contribution in [3.05, 3.63) is 78.5 Å². The predicted octanol–water partition coefficient (Wildman–Crippen LogP) is 3.51. The highest BCUT2D eigenvalue weighted by Gasteiger charge is 2.38. The summed E-state index contributed by atoms with van der Waals surface area (Å²) in [6.07, 6.45) is 5.24. The molecule has 0 aliphatic carbocycles. The number of nitrogens with one attached hydrogen (secondary N) is 1. The molecule has 1 aromatic carbocycles. The fourth-order valence-electron chi connectivity index (χ4n) is 4.40. The van der Waals surface area contributed by atoms with Gasteiger partial charge in [-0.25, -0.2) is 4.98 Å². The number of benzene rings is 1. The first kappa shape index (κ1) is 18.6. The summed E-state index contributed by atoms with van der Waals surface area (Å²) in [6, 6.07) is 15.2. The number of hydrogen-bond acceptors (Lipinski definition) is 6. The summed E-state index contributed by atoms with van der Waals surface area (Å²) < 4.78 is 5.55. The molecule has 0 spiro atoms. The molecule has 1 saturated heterocycles. The molecule has 4 heterocycles. The van der Waals surface area contributed by atoms with E-state index in [1.165, 1.54) is 0 Å². The van der Waals surface area contributed by atoms with Crippen LogP contribution >= 0.6 is 0 Å². The topological polar surface area (TPSA) is 78.3 Å². The number of fused-ring (bicyclic) bond motifs is 1. The summed E-state index contributed by atoms with van der Waals surface area (Å²) in [5.41, 5.74) is 2.42. The highest BCUT2D eigenvalue weighted by atomic mass is 16.3. The molecule has 4 aromatic rings. The third kappa shape index (κ3) is 3.37. The van der Waals surface area contributed by atoms with Gasteiger partial charge in [0.05, 0.1) is 30.1 Å². The van der Waals surface area contributed by atoms with Crippen molar-refractivity contribution < 1.29 is 9.21 Å². The second kappa shape index (κ2) is 7.76. The molecule has 0 radical (unpaired) electrons. The molecule has 5 rings (SSSR count). The zero-order valence-corrected chi connectivity index (χ0v) is 16.7. The van der Waals surface area contributed by atoms with Crippen molar-refractivity contribution in [1.29, 1.82) is 0 Å². The molecule has 3 aromatic heterocycles. The van der Waals surface area contributed by atoms with Gasteiger partial charge >= 0.3 is 0 Å².